The van der Waals surface area contributed by atoms with Crippen LogP contribution in [0.3, 0.4) is 0 Å². The fraction of sp³-hybridized carbons (Fsp3) is 0.739. The van der Waals surface area contributed by atoms with Crippen molar-refractivity contribution in [2.45, 2.75) is 71.9 Å². The van der Waals surface area contributed by atoms with Gasteiger partial charge in [0.25, 0.3) is 0 Å². The number of anilines is 1. The predicted octanol–water partition coefficient (Wildman–Crippen LogP) is 3.64. The van der Waals surface area contributed by atoms with Crippen molar-refractivity contribution in [1.29, 1.82) is 0 Å². The van der Waals surface area contributed by atoms with Gasteiger partial charge >= 0.3 is 0 Å². The normalized spacial score (nSPS) is 16.6. The molecule has 1 fully saturated rings. The number of pyridine rings is 1. The number of aromatic nitrogens is 1. The van der Waals surface area contributed by atoms with Gasteiger partial charge in [-0.1, -0.05) is 26.7 Å². The molecule has 0 saturated carbocycles. The summed E-state index contributed by atoms with van der Waals surface area (Å²) in [5, 5.41) is 6.99. The number of aliphatic imine (C=N–C) groups is 1. The third-order valence-electron chi connectivity index (χ3n) is 5.81. The van der Waals surface area contributed by atoms with Crippen LogP contribution in [0.5, 0.6) is 0 Å². The Morgan fingerprint density at radius 3 is 2.59 bits per heavy atom. The third-order valence-corrected chi connectivity index (χ3v) is 5.81. The monoisotopic (exact) mass is 402 g/mol. The van der Waals surface area contributed by atoms with Crippen LogP contribution in [0.1, 0.15) is 64.9 Å². The second-order valence-electron chi connectivity index (χ2n) is 8.06. The lowest BCUT2D eigenvalue weighted by Gasteiger charge is -2.22. The van der Waals surface area contributed by atoms with Gasteiger partial charge < -0.3 is 20.4 Å². The molecule has 0 spiro atoms. The van der Waals surface area contributed by atoms with Crippen LogP contribution in [0.25, 0.3) is 0 Å². The lowest BCUT2D eigenvalue weighted by molar-refractivity contribution is 0.292. The second-order valence-corrected chi connectivity index (χ2v) is 8.06. The molecule has 1 aromatic heterocycles. The lowest BCUT2D eigenvalue weighted by Crippen LogP contribution is -2.42. The first-order chi connectivity index (χ1) is 14.2. The molecular formula is C23H42N6. The second kappa shape index (κ2) is 13.4. The van der Waals surface area contributed by atoms with Crippen LogP contribution in [0.4, 0.5) is 5.82 Å². The first-order valence-electron chi connectivity index (χ1n) is 11.6. The molecule has 2 rings (SSSR count). The van der Waals surface area contributed by atoms with Crippen molar-refractivity contribution in [2.75, 3.05) is 44.7 Å². The first kappa shape index (κ1) is 23.5. The highest BCUT2D eigenvalue weighted by Gasteiger charge is 2.12. The van der Waals surface area contributed by atoms with Gasteiger partial charge in [0.15, 0.2) is 5.96 Å². The molecule has 6 nitrogen and oxygen atoms in total. The predicted molar refractivity (Wildman–Crippen MR) is 125 cm³/mol. The Bertz CT molecular complexity index is 591. The number of nitrogens with one attached hydrogen (secondary N) is 2. The lowest BCUT2D eigenvalue weighted by atomic mass is 10.2. The molecule has 2 heterocycles. The van der Waals surface area contributed by atoms with E-state index >= 15 is 0 Å². The van der Waals surface area contributed by atoms with Crippen molar-refractivity contribution in [3.8, 4) is 0 Å². The molecule has 0 radical (unpaired) electrons. The van der Waals surface area contributed by atoms with Crippen molar-refractivity contribution < 1.29 is 0 Å². The van der Waals surface area contributed by atoms with E-state index in [2.05, 4.69) is 63.3 Å². The van der Waals surface area contributed by atoms with Crippen LogP contribution < -0.4 is 15.5 Å². The molecule has 29 heavy (non-hydrogen) atoms. The number of guanidine groups is 1. The summed E-state index contributed by atoms with van der Waals surface area (Å²) in [6.07, 6.45) is 9.50. The minimum absolute atomic E-state index is 0.405. The molecule has 0 bridgehead atoms. The third kappa shape index (κ3) is 8.60. The summed E-state index contributed by atoms with van der Waals surface area (Å²) in [4.78, 5) is 13.9. The molecule has 0 aromatic carbocycles. The van der Waals surface area contributed by atoms with Crippen LogP contribution in [0.2, 0.25) is 0 Å². The highest BCUT2D eigenvalue weighted by Crippen LogP contribution is 2.18. The first-order valence-corrected chi connectivity index (χ1v) is 11.6. The van der Waals surface area contributed by atoms with Gasteiger partial charge in [-0.25, -0.2) is 4.98 Å². The molecule has 0 amide bonds. The minimum Gasteiger partial charge on any atom is -0.357 e. The van der Waals surface area contributed by atoms with E-state index in [4.69, 9.17) is 0 Å². The summed E-state index contributed by atoms with van der Waals surface area (Å²) in [7, 11) is 1.84. The molecule has 1 saturated heterocycles. The molecule has 0 aliphatic carbocycles. The Labute approximate surface area is 178 Å². The summed E-state index contributed by atoms with van der Waals surface area (Å²) >= 11 is 0. The van der Waals surface area contributed by atoms with E-state index in [-0.39, 0.29) is 0 Å². The van der Waals surface area contributed by atoms with E-state index in [9.17, 15) is 0 Å². The zero-order valence-corrected chi connectivity index (χ0v) is 19.1. The van der Waals surface area contributed by atoms with Crippen molar-refractivity contribution in [3.05, 3.63) is 23.9 Å². The minimum atomic E-state index is 0.405. The summed E-state index contributed by atoms with van der Waals surface area (Å²) in [6.45, 7) is 13.1. The van der Waals surface area contributed by atoms with E-state index in [1.165, 1.54) is 44.2 Å². The largest absolute Gasteiger partial charge is 0.357 e. The van der Waals surface area contributed by atoms with Crippen LogP contribution in [-0.4, -0.2) is 61.7 Å². The molecule has 1 unspecified atom stereocenters. The highest BCUT2D eigenvalue weighted by molar-refractivity contribution is 5.79. The average Bonchev–Trinajstić information content (AvgIpc) is 3.04. The number of hydrogen-bond donors (Lipinski definition) is 2. The molecule has 1 atom stereocenters. The van der Waals surface area contributed by atoms with Gasteiger partial charge in [0, 0.05) is 38.9 Å². The quantitative estimate of drug-likeness (QED) is 0.462. The molecule has 2 N–H and O–H groups in total. The fourth-order valence-corrected chi connectivity index (χ4v) is 3.89. The fourth-order valence-electron chi connectivity index (χ4n) is 3.89. The maximum atomic E-state index is 4.61. The van der Waals surface area contributed by atoms with Crippen molar-refractivity contribution in [3.63, 3.8) is 0 Å². The molecule has 1 aliphatic heterocycles. The highest BCUT2D eigenvalue weighted by atomic mass is 15.2. The van der Waals surface area contributed by atoms with E-state index in [1.54, 1.807) is 0 Å². The Balaban J connectivity index is 1.79. The zero-order valence-electron chi connectivity index (χ0n) is 19.1. The molecular weight excluding hydrogens is 360 g/mol. The summed E-state index contributed by atoms with van der Waals surface area (Å²) < 4.78 is 0. The van der Waals surface area contributed by atoms with Gasteiger partial charge in [-0.2, -0.15) is 0 Å². The summed E-state index contributed by atoms with van der Waals surface area (Å²) in [5.74, 6) is 1.98. The zero-order chi connectivity index (χ0) is 20.9. The van der Waals surface area contributed by atoms with Gasteiger partial charge in [-0.05, 0) is 69.9 Å². The van der Waals surface area contributed by atoms with Gasteiger partial charge in [0.05, 0.1) is 0 Å². The van der Waals surface area contributed by atoms with Gasteiger partial charge in [-0.3, -0.25) is 4.99 Å². The standard InChI is InChI=1S/C23H42N6/c1-5-28(6-2)15-11-12-20(3)27-23(24-4)26-19-21-13-14-25-22(18-21)29-16-9-7-8-10-17-29/h13-14,18,20H,5-12,15-17,19H2,1-4H3,(H2,24,26,27). The summed E-state index contributed by atoms with van der Waals surface area (Å²) in [6, 6.07) is 4.72. The smallest absolute Gasteiger partial charge is 0.191 e. The van der Waals surface area contributed by atoms with E-state index in [0.717, 1.165) is 50.9 Å². The Kier molecular flexibility index (Phi) is 10.8. The van der Waals surface area contributed by atoms with Crippen LogP contribution in [-0.2, 0) is 6.54 Å². The van der Waals surface area contributed by atoms with Crippen LogP contribution in [0.15, 0.2) is 23.3 Å². The van der Waals surface area contributed by atoms with Gasteiger partial charge in [0.1, 0.15) is 5.82 Å². The van der Waals surface area contributed by atoms with E-state index < -0.39 is 0 Å². The number of nitrogens with zero attached hydrogens (tertiary/aromatic N) is 4. The maximum absolute atomic E-state index is 4.61. The van der Waals surface area contributed by atoms with Crippen molar-refractivity contribution in [2.24, 2.45) is 4.99 Å². The topological polar surface area (TPSA) is 55.8 Å². The van der Waals surface area contributed by atoms with Crippen molar-refractivity contribution >= 4 is 11.8 Å². The molecule has 1 aromatic rings. The molecule has 6 heteroatoms. The SMILES string of the molecule is CCN(CC)CCCC(C)NC(=NC)NCc1ccnc(N2CCCCCC2)c1. The van der Waals surface area contributed by atoms with Crippen LogP contribution >= 0.6 is 0 Å². The molecule has 1 aliphatic rings. The van der Waals surface area contributed by atoms with Crippen molar-refractivity contribution in [1.82, 2.24) is 20.5 Å². The van der Waals surface area contributed by atoms with Gasteiger partial charge in [0.2, 0.25) is 0 Å². The number of hydrogen-bond acceptors (Lipinski definition) is 4. The van der Waals surface area contributed by atoms with E-state index in [1.807, 2.05) is 13.2 Å². The van der Waals surface area contributed by atoms with Crippen LogP contribution in [0, 0.1) is 0 Å². The summed E-state index contributed by atoms with van der Waals surface area (Å²) in [5.41, 5.74) is 1.25. The van der Waals surface area contributed by atoms with Gasteiger partial charge in [-0.15, -0.1) is 0 Å². The Morgan fingerprint density at radius 1 is 1.21 bits per heavy atom. The average molecular weight is 403 g/mol. The Morgan fingerprint density at radius 2 is 1.93 bits per heavy atom. The maximum Gasteiger partial charge on any atom is 0.191 e. The van der Waals surface area contributed by atoms with E-state index in [0.29, 0.717) is 6.04 Å². The Hall–Kier alpha value is -1.82. The number of rotatable bonds is 10. The molecule has 164 valence electrons.